The standard InChI is InChI=1S/C11H15N5O4/c17-9-4-13-8(3-14-9)10(18)16-7(11(19)20)1-6-2-12-5-15-6/h2,5,7-8,13H,1,3-4H2,(H,12,15)(H,14,17)(H,16,18)(H,19,20). The Labute approximate surface area is 114 Å². The molecule has 2 unspecified atom stereocenters. The van der Waals surface area contributed by atoms with E-state index in [0.717, 1.165) is 0 Å². The van der Waals surface area contributed by atoms with Crippen LogP contribution in [0.15, 0.2) is 12.5 Å². The highest BCUT2D eigenvalue weighted by Crippen LogP contribution is 2.00. The van der Waals surface area contributed by atoms with Gasteiger partial charge in [0, 0.05) is 24.9 Å². The maximum atomic E-state index is 11.9. The van der Waals surface area contributed by atoms with E-state index in [0.29, 0.717) is 5.69 Å². The molecule has 0 spiro atoms. The maximum absolute atomic E-state index is 11.9. The molecular weight excluding hydrogens is 266 g/mol. The number of hydrogen-bond donors (Lipinski definition) is 5. The molecule has 20 heavy (non-hydrogen) atoms. The third-order valence-electron chi connectivity index (χ3n) is 2.92. The molecule has 0 bridgehead atoms. The van der Waals surface area contributed by atoms with Crippen LogP contribution in [0.3, 0.4) is 0 Å². The number of carboxylic acid groups (broad SMARTS) is 1. The van der Waals surface area contributed by atoms with E-state index < -0.39 is 24.0 Å². The Morgan fingerprint density at radius 1 is 1.55 bits per heavy atom. The van der Waals surface area contributed by atoms with Crippen molar-refractivity contribution in [3.63, 3.8) is 0 Å². The number of nitrogens with zero attached hydrogens (tertiary/aromatic N) is 1. The van der Waals surface area contributed by atoms with Gasteiger partial charge in [-0.1, -0.05) is 0 Å². The van der Waals surface area contributed by atoms with Gasteiger partial charge in [0.1, 0.15) is 12.1 Å². The lowest BCUT2D eigenvalue weighted by Gasteiger charge is -2.24. The molecular formula is C11H15N5O4. The second-order valence-corrected chi connectivity index (χ2v) is 4.42. The minimum absolute atomic E-state index is 0.0381. The zero-order valence-corrected chi connectivity index (χ0v) is 10.5. The third-order valence-corrected chi connectivity index (χ3v) is 2.92. The van der Waals surface area contributed by atoms with Gasteiger partial charge in [-0.05, 0) is 0 Å². The molecule has 9 heteroatoms. The topological polar surface area (TPSA) is 136 Å². The molecule has 0 saturated carbocycles. The van der Waals surface area contributed by atoms with E-state index in [1.165, 1.54) is 12.5 Å². The Hall–Kier alpha value is -2.42. The number of rotatable bonds is 5. The monoisotopic (exact) mass is 281 g/mol. The maximum Gasteiger partial charge on any atom is 0.326 e. The first kappa shape index (κ1) is 14.0. The molecule has 0 aromatic carbocycles. The third kappa shape index (κ3) is 3.54. The van der Waals surface area contributed by atoms with Crippen molar-refractivity contribution >= 4 is 17.8 Å². The van der Waals surface area contributed by atoms with E-state index in [-0.39, 0.29) is 25.4 Å². The van der Waals surface area contributed by atoms with Gasteiger partial charge in [-0.15, -0.1) is 0 Å². The van der Waals surface area contributed by atoms with Crippen LogP contribution >= 0.6 is 0 Å². The minimum Gasteiger partial charge on any atom is -0.480 e. The number of H-pyrrole nitrogens is 1. The van der Waals surface area contributed by atoms with Crippen LogP contribution in [-0.4, -0.2) is 58.0 Å². The number of carbonyl (C=O) groups is 3. The zero-order valence-electron chi connectivity index (χ0n) is 10.5. The molecule has 2 heterocycles. The van der Waals surface area contributed by atoms with Gasteiger partial charge in [0.25, 0.3) is 0 Å². The largest absolute Gasteiger partial charge is 0.480 e. The van der Waals surface area contributed by atoms with Crippen molar-refractivity contribution in [2.75, 3.05) is 13.1 Å². The second-order valence-electron chi connectivity index (χ2n) is 4.42. The molecule has 1 fully saturated rings. The molecule has 0 radical (unpaired) electrons. The predicted octanol–water partition coefficient (Wildman–Crippen LogP) is -2.39. The van der Waals surface area contributed by atoms with E-state index in [1.54, 1.807) is 0 Å². The Bertz CT molecular complexity index is 491. The first-order valence-corrected chi connectivity index (χ1v) is 6.07. The lowest BCUT2D eigenvalue weighted by atomic mass is 10.1. The smallest absolute Gasteiger partial charge is 0.326 e. The normalized spacial score (nSPS) is 20.0. The number of nitrogens with one attached hydrogen (secondary N) is 4. The van der Waals surface area contributed by atoms with E-state index in [1.807, 2.05) is 0 Å². The second kappa shape index (κ2) is 6.15. The summed E-state index contributed by atoms with van der Waals surface area (Å²) in [4.78, 5) is 40.6. The van der Waals surface area contributed by atoms with Crippen LogP contribution in [0.1, 0.15) is 5.69 Å². The van der Waals surface area contributed by atoms with Gasteiger partial charge in [0.15, 0.2) is 0 Å². The van der Waals surface area contributed by atoms with Crippen molar-refractivity contribution in [3.8, 4) is 0 Å². The van der Waals surface area contributed by atoms with E-state index >= 15 is 0 Å². The predicted molar refractivity (Wildman–Crippen MR) is 66.7 cm³/mol. The van der Waals surface area contributed by atoms with Crippen LogP contribution in [-0.2, 0) is 20.8 Å². The fourth-order valence-electron chi connectivity index (χ4n) is 1.84. The molecule has 0 aliphatic carbocycles. The Morgan fingerprint density at radius 2 is 2.35 bits per heavy atom. The number of aliphatic carboxylic acids is 1. The van der Waals surface area contributed by atoms with Crippen molar-refractivity contribution in [3.05, 3.63) is 18.2 Å². The van der Waals surface area contributed by atoms with Crippen molar-refractivity contribution in [1.29, 1.82) is 0 Å². The number of hydrogen-bond acceptors (Lipinski definition) is 5. The van der Waals surface area contributed by atoms with Crippen molar-refractivity contribution in [2.45, 2.75) is 18.5 Å². The van der Waals surface area contributed by atoms with Crippen molar-refractivity contribution in [1.82, 2.24) is 25.9 Å². The lowest BCUT2D eigenvalue weighted by molar-refractivity contribution is -0.142. The van der Waals surface area contributed by atoms with E-state index in [9.17, 15) is 14.4 Å². The highest BCUT2D eigenvalue weighted by atomic mass is 16.4. The number of imidazole rings is 1. The molecule has 2 atom stereocenters. The van der Waals surface area contributed by atoms with Gasteiger partial charge >= 0.3 is 5.97 Å². The lowest BCUT2D eigenvalue weighted by Crippen LogP contribution is -2.60. The average molecular weight is 281 g/mol. The molecule has 1 aromatic heterocycles. The fraction of sp³-hybridized carbons (Fsp3) is 0.455. The van der Waals surface area contributed by atoms with Crippen molar-refractivity contribution < 1.29 is 19.5 Å². The highest BCUT2D eigenvalue weighted by molar-refractivity contribution is 5.89. The van der Waals surface area contributed by atoms with Crippen LogP contribution < -0.4 is 16.0 Å². The minimum atomic E-state index is -1.13. The van der Waals surface area contributed by atoms with Gasteiger partial charge in [-0.25, -0.2) is 9.78 Å². The summed E-state index contributed by atoms with van der Waals surface area (Å²) in [7, 11) is 0. The summed E-state index contributed by atoms with van der Waals surface area (Å²) in [6.07, 6.45) is 3.05. The van der Waals surface area contributed by atoms with Crippen LogP contribution in [0.25, 0.3) is 0 Å². The molecule has 108 valence electrons. The zero-order chi connectivity index (χ0) is 14.5. The van der Waals surface area contributed by atoms with Crippen LogP contribution in [0.4, 0.5) is 0 Å². The number of aromatic amines is 1. The van der Waals surface area contributed by atoms with Crippen LogP contribution in [0.2, 0.25) is 0 Å². The van der Waals surface area contributed by atoms with Gasteiger partial charge in [-0.2, -0.15) is 0 Å². The summed E-state index contributed by atoms with van der Waals surface area (Å²) in [5.41, 5.74) is 0.614. The van der Waals surface area contributed by atoms with Gasteiger partial charge in [0.05, 0.1) is 12.9 Å². The van der Waals surface area contributed by atoms with Crippen molar-refractivity contribution in [2.24, 2.45) is 0 Å². The molecule has 1 aliphatic heterocycles. The Kier molecular flexibility index (Phi) is 4.31. The highest BCUT2D eigenvalue weighted by Gasteiger charge is 2.28. The SMILES string of the molecule is O=C1CNC(C(=O)NC(Cc2cnc[nH]2)C(=O)O)CN1. The molecule has 2 amide bonds. The fourth-order valence-corrected chi connectivity index (χ4v) is 1.84. The van der Waals surface area contributed by atoms with Crippen LogP contribution in [0.5, 0.6) is 0 Å². The quantitative estimate of drug-likeness (QED) is 0.408. The molecule has 1 aliphatic rings. The molecule has 1 saturated heterocycles. The number of amides is 2. The summed E-state index contributed by atoms with van der Waals surface area (Å²) in [6, 6.07) is -1.68. The summed E-state index contributed by atoms with van der Waals surface area (Å²) >= 11 is 0. The summed E-state index contributed by atoms with van der Waals surface area (Å²) in [6.45, 7) is 0.178. The van der Waals surface area contributed by atoms with E-state index in [4.69, 9.17) is 5.11 Å². The Balaban J connectivity index is 1.92. The summed E-state index contributed by atoms with van der Waals surface area (Å²) in [5.74, 6) is -1.79. The first-order chi connectivity index (χ1) is 9.56. The van der Waals surface area contributed by atoms with Crippen LogP contribution in [0, 0.1) is 0 Å². The van der Waals surface area contributed by atoms with E-state index in [2.05, 4.69) is 25.9 Å². The number of carboxylic acids is 1. The average Bonchev–Trinajstić information content (AvgIpc) is 2.91. The molecule has 5 N–H and O–H groups in total. The van der Waals surface area contributed by atoms with Gasteiger partial charge < -0.3 is 20.7 Å². The van der Waals surface area contributed by atoms with Gasteiger partial charge in [-0.3, -0.25) is 14.9 Å². The summed E-state index contributed by atoms with van der Waals surface area (Å²) < 4.78 is 0. The summed E-state index contributed by atoms with van der Waals surface area (Å²) in [5, 5.41) is 16.8. The molecule has 1 aromatic rings. The first-order valence-electron chi connectivity index (χ1n) is 6.07. The Morgan fingerprint density at radius 3 is 2.90 bits per heavy atom. The number of aromatic nitrogens is 2. The molecule has 9 nitrogen and oxygen atoms in total. The van der Waals surface area contributed by atoms with Gasteiger partial charge in [0.2, 0.25) is 11.8 Å². The number of piperazine rings is 1. The number of carbonyl (C=O) groups excluding carboxylic acids is 2. The molecule has 2 rings (SSSR count).